The molecule has 0 saturated carbocycles. The lowest BCUT2D eigenvalue weighted by Crippen LogP contribution is -2.00. The normalized spacial score (nSPS) is 12.8. The van der Waals surface area contributed by atoms with E-state index in [1.165, 1.54) is 5.54 Å². The van der Waals surface area contributed by atoms with Crippen LogP contribution in [0.3, 0.4) is 0 Å². The van der Waals surface area contributed by atoms with Gasteiger partial charge in [-0.05, 0) is 17.4 Å². The minimum atomic E-state index is -4.21. The predicted molar refractivity (Wildman–Crippen MR) is 61.5 cm³/mol. The quantitative estimate of drug-likeness (QED) is 0.480. The zero-order valence-electron chi connectivity index (χ0n) is 8.50. The lowest BCUT2D eigenvalue weighted by molar-refractivity contribution is -0.392. The first-order valence-electron chi connectivity index (χ1n) is 4.18. The summed E-state index contributed by atoms with van der Waals surface area (Å²) in [4.78, 5) is 9.06. The van der Waals surface area contributed by atoms with Crippen LogP contribution in [0.25, 0.3) is 0 Å². The molecule has 0 atom stereocenters. The van der Waals surface area contributed by atoms with Crippen LogP contribution in [-0.2, 0) is 15.6 Å². The van der Waals surface area contributed by atoms with Crippen molar-refractivity contribution in [1.82, 2.24) is 9.78 Å². The number of halogens is 2. The van der Waals surface area contributed by atoms with Gasteiger partial charge in [0.05, 0.1) is 17.8 Å². The van der Waals surface area contributed by atoms with Crippen molar-refractivity contribution >= 4 is 37.2 Å². The van der Waals surface area contributed by atoms with Gasteiger partial charge in [0.25, 0.3) is 9.05 Å². The summed E-state index contributed by atoms with van der Waals surface area (Å²) < 4.78 is 23.3. The summed E-state index contributed by atoms with van der Waals surface area (Å²) in [6.07, 6.45) is 0.990. The molecule has 94 valence electrons. The molecule has 7 nitrogen and oxygen atoms in total. The molecule has 1 aromatic heterocycles. The molecule has 0 radical (unpaired) electrons. The molecule has 0 bridgehead atoms. The third kappa shape index (κ3) is 3.42. The van der Waals surface area contributed by atoms with Crippen molar-refractivity contribution < 1.29 is 13.3 Å². The Balaban J connectivity index is 3.28. The molecule has 1 rings (SSSR count). The van der Waals surface area contributed by atoms with Crippen LogP contribution in [-0.4, -0.2) is 23.1 Å². The van der Waals surface area contributed by atoms with Gasteiger partial charge in [0, 0.05) is 16.2 Å². The van der Waals surface area contributed by atoms with Crippen molar-refractivity contribution in [1.29, 1.82) is 0 Å². The van der Waals surface area contributed by atoms with Crippen LogP contribution < -0.4 is 0 Å². The van der Waals surface area contributed by atoms with E-state index in [1.807, 2.05) is 0 Å². The first-order valence-corrected chi connectivity index (χ1v) is 6.92. The van der Waals surface area contributed by atoms with Gasteiger partial charge < -0.3 is 10.1 Å². The second kappa shape index (κ2) is 5.03. The van der Waals surface area contributed by atoms with E-state index in [9.17, 15) is 18.5 Å². The number of hydrogen-bond acceptors (Lipinski definition) is 5. The molecule has 0 unspecified atom stereocenters. The minimum absolute atomic E-state index is 0.136. The van der Waals surface area contributed by atoms with Crippen LogP contribution in [0.4, 0.5) is 5.82 Å². The Hall–Kier alpha value is -1.12. The van der Waals surface area contributed by atoms with Gasteiger partial charge in [0.15, 0.2) is 0 Å². The fraction of sp³-hybridized carbons (Fsp3) is 0.286. The van der Waals surface area contributed by atoms with Crippen LogP contribution >= 0.6 is 22.3 Å². The van der Waals surface area contributed by atoms with Gasteiger partial charge in [0.2, 0.25) is 4.90 Å². The summed E-state index contributed by atoms with van der Waals surface area (Å²) in [5.41, 5.74) is 1.92. The molecule has 0 aliphatic carbocycles. The lowest BCUT2D eigenvalue weighted by Gasteiger charge is -1.93. The minimum Gasteiger partial charge on any atom is -0.358 e. The maximum atomic E-state index is 11.1. The molecule has 0 aliphatic heterocycles. The van der Waals surface area contributed by atoms with Gasteiger partial charge >= 0.3 is 5.82 Å². The van der Waals surface area contributed by atoms with E-state index < -0.39 is 24.7 Å². The van der Waals surface area contributed by atoms with E-state index in [2.05, 4.69) is 5.10 Å². The molecule has 0 spiro atoms. The summed E-state index contributed by atoms with van der Waals surface area (Å²) in [6, 6.07) is 0. The molecule has 0 amide bonds. The molecule has 0 fully saturated rings. The topological polar surface area (TPSA) is 95.1 Å². The van der Waals surface area contributed by atoms with E-state index >= 15 is 0 Å². The van der Waals surface area contributed by atoms with Crippen LogP contribution in [0.2, 0.25) is 0 Å². The third-order valence-electron chi connectivity index (χ3n) is 1.74. The number of aromatic nitrogens is 2. The molecule has 0 aliphatic rings. The highest BCUT2D eigenvalue weighted by Crippen LogP contribution is 2.25. The molecule has 0 N–H and O–H groups in total. The van der Waals surface area contributed by atoms with Gasteiger partial charge in [-0.15, -0.1) is 0 Å². The Labute approximate surface area is 106 Å². The van der Waals surface area contributed by atoms with E-state index in [0.717, 1.165) is 10.9 Å². The Morgan fingerprint density at radius 1 is 1.71 bits per heavy atom. The smallest absolute Gasteiger partial charge is 0.358 e. The van der Waals surface area contributed by atoms with Crippen molar-refractivity contribution in [2.75, 3.05) is 0 Å². The lowest BCUT2D eigenvalue weighted by atomic mass is 10.3. The molecule has 1 aromatic rings. The molecule has 10 heteroatoms. The SMILES string of the molecule is C/C(=C/Cl)Cn1cc(S(=O)(=O)Cl)c([N+](=O)[O-])n1. The first kappa shape index (κ1) is 13.9. The Morgan fingerprint density at radius 2 is 2.29 bits per heavy atom. The van der Waals surface area contributed by atoms with Gasteiger partial charge in [-0.1, -0.05) is 11.6 Å². The Bertz CT molecular complexity index is 578. The first-order chi connectivity index (χ1) is 7.75. The van der Waals surface area contributed by atoms with E-state index in [0.29, 0.717) is 5.57 Å². The predicted octanol–water partition coefficient (Wildman–Crippen LogP) is 1.86. The van der Waals surface area contributed by atoms with Crippen LogP contribution in [0, 0.1) is 10.1 Å². The van der Waals surface area contributed by atoms with Crippen molar-refractivity contribution in [2.45, 2.75) is 18.4 Å². The maximum absolute atomic E-state index is 11.1. The molecular weight excluding hydrogens is 293 g/mol. The number of hydrogen-bond donors (Lipinski definition) is 0. The summed E-state index contributed by atoms with van der Waals surface area (Å²) in [5.74, 6) is -0.803. The monoisotopic (exact) mass is 299 g/mol. The summed E-state index contributed by atoms with van der Waals surface area (Å²) >= 11 is 5.42. The molecule has 0 aromatic carbocycles. The molecular formula is C7H7Cl2N3O4S. The number of nitrogens with zero attached hydrogens (tertiary/aromatic N) is 3. The summed E-state index contributed by atoms with van der Waals surface area (Å²) in [6.45, 7) is 1.80. The van der Waals surface area contributed by atoms with Crippen molar-refractivity contribution in [2.24, 2.45) is 0 Å². The maximum Gasteiger partial charge on any atom is 0.410 e. The van der Waals surface area contributed by atoms with Crippen molar-refractivity contribution in [3.05, 3.63) is 27.4 Å². The van der Waals surface area contributed by atoms with E-state index in [4.69, 9.17) is 22.3 Å². The highest BCUT2D eigenvalue weighted by molar-refractivity contribution is 8.13. The van der Waals surface area contributed by atoms with Gasteiger partial charge in [-0.25, -0.2) is 8.42 Å². The second-order valence-electron chi connectivity index (χ2n) is 3.16. The summed E-state index contributed by atoms with van der Waals surface area (Å²) in [5, 5.41) is 14.1. The van der Waals surface area contributed by atoms with Crippen LogP contribution in [0.15, 0.2) is 22.2 Å². The van der Waals surface area contributed by atoms with E-state index in [-0.39, 0.29) is 6.54 Å². The summed E-state index contributed by atoms with van der Waals surface area (Å²) in [7, 11) is 0.860. The van der Waals surface area contributed by atoms with E-state index in [1.54, 1.807) is 6.92 Å². The zero-order chi connectivity index (χ0) is 13.2. The van der Waals surface area contributed by atoms with Crippen molar-refractivity contribution in [3.63, 3.8) is 0 Å². The average Bonchev–Trinajstić information content (AvgIpc) is 2.61. The van der Waals surface area contributed by atoms with Crippen molar-refractivity contribution in [3.8, 4) is 0 Å². The van der Waals surface area contributed by atoms with Gasteiger partial charge in [-0.3, -0.25) is 0 Å². The molecule has 0 saturated heterocycles. The fourth-order valence-electron chi connectivity index (χ4n) is 1.06. The standard InChI is InChI=1S/C7H7Cl2N3O4S/c1-5(2-8)3-11-4-6(17(9,15)16)7(10-11)12(13)14/h2,4H,3H2,1H3/b5-2-. The average molecular weight is 300 g/mol. The molecule has 17 heavy (non-hydrogen) atoms. The largest absolute Gasteiger partial charge is 0.410 e. The fourth-order valence-corrected chi connectivity index (χ4v) is 2.04. The van der Waals surface area contributed by atoms with Gasteiger partial charge in [-0.2, -0.15) is 4.68 Å². The Kier molecular flexibility index (Phi) is 4.12. The molecule has 1 heterocycles. The van der Waals surface area contributed by atoms with Gasteiger partial charge in [0.1, 0.15) is 0 Å². The van der Waals surface area contributed by atoms with Crippen LogP contribution in [0.1, 0.15) is 6.92 Å². The zero-order valence-corrected chi connectivity index (χ0v) is 10.8. The third-order valence-corrected chi connectivity index (χ3v) is 3.43. The number of nitro groups is 1. The highest BCUT2D eigenvalue weighted by atomic mass is 35.7. The van der Waals surface area contributed by atoms with Crippen LogP contribution in [0.5, 0.6) is 0 Å². The number of rotatable bonds is 4. The number of allylic oxidation sites excluding steroid dienone is 1. The Morgan fingerprint density at radius 3 is 2.65 bits per heavy atom. The highest BCUT2D eigenvalue weighted by Gasteiger charge is 2.29. The second-order valence-corrected chi connectivity index (χ2v) is 5.92.